The Morgan fingerprint density at radius 2 is 0.848 bits per heavy atom. The van der Waals surface area contributed by atoms with E-state index in [0.29, 0.717) is 0 Å². The highest BCUT2D eigenvalue weighted by Gasteiger charge is 2.37. The van der Waals surface area contributed by atoms with Crippen LogP contribution in [0.2, 0.25) is 0 Å². The van der Waals surface area contributed by atoms with Crippen molar-refractivity contribution in [3.63, 3.8) is 0 Å². The molecule has 0 aliphatic heterocycles. The van der Waals surface area contributed by atoms with Crippen LogP contribution in [0.1, 0.15) is 25.0 Å². The Kier molecular flexibility index (Phi) is 7.81. The average molecular weight is 839 g/mol. The molecule has 12 aromatic carbocycles. The van der Waals surface area contributed by atoms with Crippen molar-refractivity contribution in [3.05, 3.63) is 230 Å². The molecule has 13 aromatic rings. The van der Waals surface area contributed by atoms with Crippen molar-refractivity contribution >= 4 is 75.8 Å². The second-order valence-electron chi connectivity index (χ2n) is 18.7. The minimum absolute atomic E-state index is 0.0966. The number of furan rings is 1. The van der Waals surface area contributed by atoms with Crippen molar-refractivity contribution in [3.8, 4) is 55.6 Å². The van der Waals surface area contributed by atoms with E-state index < -0.39 is 0 Å². The van der Waals surface area contributed by atoms with Gasteiger partial charge in [0.25, 0.3) is 0 Å². The van der Waals surface area contributed by atoms with E-state index in [1.54, 1.807) is 0 Å². The van der Waals surface area contributed by atoms with Crippen LogP contribution in [0.5, 0.6) is 0 Å². The van der Waals surface area contributed by atoms with E-state index in [1.807, 2.05) is 0 Å². The molecule has 0 amide bonds. The van der Waals surface area contributed by atoms with E-state index in [4.69, 9.17) is 4.42 Å². The second-order valence-corrected chi connectivity index (χ2v) is 18.7. The van der Waals surface area contributed by atoms with Gasteiger partial charge in [-0.2, -0.15) is 0 Å². The first-order chi connectivity index (χ1) is 32.5. The molecular weight excluding hydrogens is 797 g/mol. The first kappa shape index (κ1) is 37.1. The molecule has 0 bridgehead atoms. The van der Waals surface area contributed by atoms with Crippen LogP contribution < -0.4 is 0 Å². The lowest BCUT2D eigenvalue weighted by Gasteiger charge is -2.21. The summed E-state index contributed by atoms with van der Waals surface area (Å²) in [5, 5.41) is 14.8. The molecule has 1 heterocycles. The molecule has 0 fully saturated rings. The Bertz CT molecular complexity index is 4140. The van der Waals surface area contributed by atoms with Gasteiger partial charge in [0.1, 0.15) is 11.2 Å². The standard InChI is InChI=1S/C65H42O/c1-65(2)56-29-14-13-28-54(56)62-57(65)34-35-58-64(62)63-48-23-8-7-22-46(48)55(38-59(63)66-58)47-32-33-53(45-21-6-5-20-44(45)47)61-51-26-11-9-24-49(51)60(50-25-10-12-27-52(50)61)43-19-15-18-41(37-43)42-31-30-39-16-3-4-17-40(39)36-42/h3-38H,1-2H3. The van der Waals surface area contributed by atoms with Gasteiger partial charge in [0.2, 0.25) is 0 Å². The zero-order chi connectivity index (χ0) is 43.7. The van der Waals surface area contributed by atoms with Gasteiger partial charge in [-0.1, -0.05) is 208 Å². The van der Waals surface area contributed by atoms with Gasteiger partial charge in [0, 0.05) is 16.2 Å². The molecule has 0 radical (unpaired) electrons. The van der Waals surface area contributed by atoms with Gasteiger partial charge in [0.15, 0.2) is 0 Å². The topological polar surface area (TPSA) is 13.1 Å². The summed E-state index contributed by atoms with van der Waals surface area (Å²) in [5.41, 5.74) is 16.9. The van der Waals surface area contributed by atoms with Crippen LogP contribution in [0, 0.1) is 0 Å². The van der Waals surface area contributed by atoms with Crippen LogP contribution in [0.4, 0.5) is 0 Å². The van der Waals surface area contributed by atoms with Crippen LogP contribution in [0.25, 0.3) is 131 Å². The molecule has 0 unspecified atom stereocenters. The highest BCUT2D eigenvalue weighted by atomic mass is 16.3. The van der Waals surface area contributed by atoms with Gasteiger partial charge in [-0.15, -0.1) is 0 Å². The molecule has 1 nitrogen and oxygen atoms in total. The monoisotopic (exact) mass is 838 g/mol. The van der Waals surface area contributed by atoms with Gasteiger partial charge in [-0.05, 0) is 145 Å². The normalized spacial score (nSPS) is 13.1. The third-order valence-corrected chi connectivity index (χ3v) is 14.8. The predicted molar refractivity (Wildman–Crippen MR) is 281 cm³/mol. The van der Waals surface area contributed by atoms with Crippen molar-refractivity contribution in [1.29, 1.82) is 0 Å². The fourth-order valence-electron chi connectivity index (χ4n) is 11.8. The maximum atomic E-state index is 6.93. The maximum Gasteiger partial charge on any atom is 0.136 e. The lowest BCUT2D eigenvalue weighted by molar-refractivity contribution is 0.656. The molecule has 0 N–H and O–H groups in total. The van der Waals surface area contributed by atoms with Gasteiger partial charge in [-0.3, -0.25) is 0 Å². The first-order valence-corrected chi connectivity index (χ1v) is 23.1. The number of fused-ring (bicyclic) bond motifs is 13. The highest BCUT2D eigenvalue weighted by Crippen LogP contribution is 2.55. The lowest BCUT2D eigenvalue weighted by Crippen LogP contribution is -2.14. The Morgan fingerprint density at radius 1 is 0.288 bits per heavy atom. The summed E-state index contributed by atoms with van der Waals surface area (Å²) in [6, 6.07) is 80.8. The quantitative estimate of drug-likeness (QED) is 0.161. The van der Waals surface area contributed by atoms with E-state index in [1.165, 1.54) is 131 Å². The summed E-state index contributed by atoms with van der Waals surface area (Å²) in [5.74, 6) is 0. The van der Waals surface area contributed by atoms with E-state index in [9.17, 15) is 0 Å². The number of hydrogen-bond donors (Lipinski definition) is 0. The molecule has 308 valence electrons. The molecule has 0 atom stereocenters. The van der Waals surface area contributed by atoms with Gasteiger partial charge < -0.3 is 4.42 Å². The molecule has 1 aliphatic rings. The SMILES string of the molecule is CC1(C)c2ccccc2-c2c1ccc1oc3cc(-c4ccc(-c5c6ccccc6c(-c6cccc(-c7ccc8ccccc8c7)c6)c6ccccc56)c5ccccc45)c4ccccc4c3c21. The molecule has 66 heavy (non-hydrogen) atoms. The Morgan fingerprint density at radius 3 is 1.59 bits per heavy atom. The van der Waals surface area contributed by atoms with Crippen LogP contribution >= 0.6 is 0 Å². The fraction of sp³-hybridized carbons (Fsp3) is 0.0462. The number of hydrogen-bond acceptors (Lipinski definition) is 1. The van der Waals surface area contributed by atoms with Crippen LogP contribution in [-0.2, 0) is 5.41 Å². The smallest absolute Gasteiger partial charge is 0.136 e. The Labute approximate surface area is 382 Å². The summed E-state index contributed by atoms with van der Waals surface area (Å²) in [6.07, 6.45) is 0. The molecule has 0 saturated heterocycles. The summed E-state index contributed by atoms with van der Waals surface area (Å²) in [6.45, 7) is 4.70. The average Bonchev–Trinajstić information content (AvgIpc) is 3.86. The largest absolute Gasteiger partial charge is 0.456 e. The third kappa shape index (κ3) is 5.23. The van der Waals surface area contributed by atoms with Crippen LogP contribution in [0.15, 0.2) is 223 Å². The second kappa shape index (κ2) is 13.9. The fourth-order valence-corrected chi connectivity index (χ4v) is 11.8. The zero-order valence-electron chi connectivity index (χ0n) is 36.7. The minimum atomic E-state index is -0.0966. The highest BCUT2D eigenvalue weighted by molar-refractivity contribution is 6.28. The van der Waals surface area contributed by atoms with Gasteiger partial charge >= 0.3 is 0 Å². The maximum absolute atomic E-state index is 6.93. The first-order valence-electron chi connectivity index (χ1n) is 23.1. The van der Waals surface area contributed by atoms with E-state index in [-0.39, 0.29) is 5.41 Å². The molecular formula is C65H42O. The van der Waals surface area contributed by atoms with Crippen molar-refractivity contribution in [2.24, 2.45) is 0 Å². The minimum Gasteiger partial charge on any atom is -0.456 e. The zero-order valence-corrected chi connectivity index (χ0v) is 36.7. The summed E-state index contributed by atoms with van der Waals surface area (Å²) in [4.78, 5) is 0. The van der Waals surface area contributed by atoms with Crippen molar-refractivity contribution in [1.82, 2.24) is 0 Å². The number of rotatable bonds is 4. The molecule has 14 rings (SSSR count). The van der Waals surface area contributed by atoms with E-state index in [2.05, 4.69) is 232 Å². The van der Waals surface area contributed by atoms with Crippen molar-refractivity contribution in [2.45, 2.75) is 19.3 Å². The Balaban J connectivity index is 0.981. The summed E-state index contributed by atoms with van der Waals surface area (Å²) < 4.78 is 6.93. The van der Waals surface area contributed by atoms with E-state index in [0.717, 1.165) is 11.2 Å². The van der Waals surface area contributed by atoms with E-state index >= 15 is 0 Å². The lowest BCUT2D eigenvalue weighted by atomic mass is 9.82. The number of benzene rings is 12. The molecule has 1 heteroatoms. The molecule has 1 aliphatic carbocycles. The van der Waals surface area contributed by atoms with Crippen molar-refractivity contribution in [2.75, 3.05) is 0 Å². The summed E-state index contributed by atoms with van der Waals surface area (Å²) >= 11 is 0. The van der Waals surface area contributed by atoms with Gasteiger partial charge in [0.05, 0.1) is 0 Å². The van der Waals surface area contributed by atoms with Crippen LogP contribution in [0.3, 0.4) is 0 Å². The van der Waals surface area contributed by atoms with Gasteiger partial charge in [-0.25, -0.2) is 0 Å². The predicted octanol–water partition coefficient (Wildman–Crippen LogP) is 18.3. The summed E-state index contributed by atoms with van der Waals surface area (Å²) in [7, 11) is 0. The van der Waals surface area contributed by atoms with Crippen molar-refractivity contribution < 1.29 is 4.42 Å². The Hall–Kier alpha value is -8.26. The molecule has 0 saturated carbocycles. The van der Waals surface area contributed by atoms with Crippen LogP contribution in [-0.4, -0.2) is 0 Å². The molecule has 0 spiro atoms. The third-order valence-electron chi connectivity index (χ3n) is 14.8. The molecule has 1 aromatic heterocycles.